The monoisotopic (exact) mass is 308 g/mol. The summed E-state index contributed by atoms with van der Waals surface area (Å²) in [6, 6.07) is 5.11. The highest BCUT2D eigenvalue weighted by Crippen LogP contribution is 2.27. The van der Waals surface area contributed by atoms with Gasteiger partial charge < -0.3 is 9.47 Å². The number of carbonyl (C=O) groups excluding carboxylic acids is 1. The molecular formula is C15H17ClN2O3. The Morgan fingerprint density at radius 2 is 2.05 bits per heavy atom. The molecule has 0 fully saturated rings. The van der Waals surface area contributed by atoms with E-state index in [0.717, 1.165) is 11.3 Å². The maximum atomic E-state index is 12.5. The molecule has 0 radical (unpaired) electrons. The summed E-state index contributed by atoms with van der Waals surface area (Å²) in [5.74, 6) is 1.04. The van der Waals surface area contributed by atoms with Crippen LogP contribution in [0.15, 0.2) is 18.2 Å². The van der Waals surface area contributed by atoms with Gasteiger partial charge in [0.2, 0.25) is 0 Å². The summed E-state index contributed by atoms with van der Waals surface area (Å²) in [4.78, 5) is 12.5. The van der Waals surface area contributed by atoms with Crippen LogP contribution in [0.4, 0.5) is 0 Å². The summed E-state index contributed by atoms with van der Waals surface area (Å²) in [6.45, 7) is 1.83. The molecule has 2 rings (SSSR count). The van der Waals surface area contributed by atoms with Gasteiger partial charge in [0.05, 0.1) is 25.5 Å². The summed E-state index contributed by atoms with van der Waals surface area (Å²) in [6.07, 6.45) is 0.182. The van der Waals surface area contributed by atoms with Gasteiger partial charge in [-0.15, -0.1) is 0 Å². The molecule has 0 N–H and O–H groups in total. The molecule has 0 aliphatic heterocycles. The molecular weight excluding hydrogens is 292 g/mol. The third-order valence-electron chi connectivity index (χ3n) is 3.32. The number of rotatable bonds is 5. The molecule has 6 heteroatoms. The molecule has 0 saturated heterocycles. The Kier molecular flexibility index (Phi) is 4.53. The van der Waals surface area contributed by atoms with E-state index in [2.05, 4.69) is 5.10 Å². The van der Waals surface area contributed by atoms with Crippen LogP contribution >= 0.6 is 11.6 Å². The van der Waals surface area contributed by atoms with Crippen molar-refractivity contribution in [3.8, 4) is 11.5 Å². The van der Waals surface area contributed by atoms with Crippen molar-refractivity contribution in [2.75, 3.05) is 14.2 Å². The minimum absolute atomic E-state index is 0.0764. The van der Waals surface area contributed by atoms with E-state index in [9.17, 15) is 4.79 Å². The normalized spacial score (nSPS) is 10.5. The zero-order valence-electron chi connectivity index (χ0n) is 12.4. The molecule has 0 aliphatic rings. The predicted octanol–water partition coefficient (Wildman–Crippen LogP) is 2.82. The molecule has 0 unspecified atom stereocenters. The first-order valence-electron chi connectivity index (χ1n) is 6.41. The van der Waals surface area contributed by atoms with E-state index < -0.39 is 0 Å². The van der Waals surface area contributed by atoms with Gasteiger partial charge in [-0.05, 0) is 19.1 Å². The number of ether oxygens (including phenoxy) is 2. The lowest BCUT2D eigenvalue weighted by molar-refractivity contribution is 0.0990. The van der Waals surface area contributed by atoms with E-state index >= 15 is 0 Å². The number of benzene rings is 1. The van der Waals surface area contributed by atoms with Gasteiger partial charge >= 0.3 is 0 Å². The summed E-state index contributed by atoms with van der Waals surface area (Å²) in [5.41, 5.74) is 1.99. The molecule has 0 atom stereocenters. The third-order valence-corrected chi connectivity index (χ3v) is 3.79. The Hall–Kier alpha value is -2.01. The SMILES string of the molecule is COc1ccc(C(=O)Cc2c(C)nn(C)c2Cl)c(OC)c1. The van der Waals surface area contributed by atoms with E-state index in [4.69, 9.17) is 21.1 Å². The minimum Gasteiger partial charge on any atom is -0.497 e. The van der Waals surface area contributed by atoms with Crippen LogP contribution in [0, 0.1) is 6.92 Å². The lowest BCUT2D eigenvalue weighted by atomic mass is 10.0. The highest BCUT2D eigenvalue weighted by atomic mass is 35.5. The molecule has 1 aromatic carbocycles. The molecule has 2 aromatic rings. The van der Waals surface area contributed by atoms with Gasteiger partial charge in [-0.25, -0.2) is 0 Å². The Labute approximate surface area is 128 Å². The zero-order chi connectivity index (χ0) is 15.6. The van der Waals surface area contributed by atoms with Crippen molar-refractivity contribution in [1.29, 1.82) is 0 Å². The van der Waals surface area contributed by atoms with Crippen molar-refractivity contribution in [3.05, 3.63) is 40.2 Å². The van der Waals surface area contributed by atoms with E-state index in [1.807, 2.05) is 6.92 Å². The second-order valence-electron chi connectivity index (χ2n) is 4.64. The number of Topliss-reactive ketones (excluding diaryl/α,β-unsaturated/α-hetero) is 1. The number of nitrogens with zero attached hydrogens (tertiary/aromatic N) is 2. The van der Waals surface area contributed by atoms with E-state index in [-0.39, 0.29) is 12.2 Å². The molecule has 0 amide bonds. The lowest BCUT2D eigenvalue weighted by Gasteiger charge is -2.09. The summed E-state index contributed by atoms with van der Waals surface area (Å²) in [7, 11) is 4.83. The van der Waals surface area contributed by atoms with Crippen LogP contribution in [0.3, 0.4) is 0 Å². The third kappa shape index (κ3) is 3.03. The van der Waals surface area contributed by atoms with Crippen LogP contribution in [0.25, 0.3) is 0 Å². The highest BCUT2D eigenvalue weighted by molar-refractivity contribution is 6.30. The summed E-state index contributed by atoms with van der Waals surface area (Å²) >= 11 is 6.16. The van der Waals surface area contributed by atoms with Gasteiger partial charge in [-0.1, -0.05) is 11.6 Å². The van der Waals surface area contributed by atoms with Crippen molar-refractivity contribution < 1.29 is 14.3 Å². The quantitative estimate of drug-likeness (QED) is 0.797. The fraction of sp³-hybridized carbons (Fsp3) is 0.333. The number of hydrogen-bond donors (Lipinski definition) is 0. The predicted molar refractivity (Wildman–Crippen MR) is 80.5 cm³/mol. The van der Waals surface area contributed by atoms with E-state index in [0.29, 0.717) is 22.2 Å². The molecule has 1 aromatic heterocycles. The molecule has 21 heavy (non-hydrogen) atoms. The van der Waals surface area contributed by atoms with Crippen LogP contribution in [-0.4, -0.2) is 29.8 Å². The lowest BCUT2D eigenvalue weighted by Crippen LogP contribution is -2.07. The maximum absolute atomic E-state index is 12.5. The van der Waals surface area contributed by atoms with Crippen molar-refractivity contribution in [2.45, 2.75) is 13.3 Å². The van der Waals surface area contributed by atoms with Crippen LogP contribution in [-0.2, 0) is 13.5 Å². The highest BCUT2D eigenvalue weighted by Gasteiger charge is 2.19. The van der Waals surface area contributed by atoms with Gasteiger partial charge in [-0.2, -0.15) is 5.10 Å². The van der Waals surface area contributed by atoms with Crippen molar-refractivity contribution in [3.63, 3.8) is 0 Å². The average molecular weight is 309 g/mol. The van der Waals surface area contributed by atoms with Crippen LogP contribution in [0.2, 0.25) is 5.15 Å². The smallest absolute Gasteiger partial charge is 0.171 e. The molecule has 0 saturated carbocycles. The molecule has 1 heterocycles. The summed E-state index contributed by atoms with van der Waals surface area (Å²) in [5, 5.41) is 4.69. The topological polar surface area (TPSA) is 53.3 Å². The minimum atomic E-state index is -0.0764. The number of hydrogen-bond acceptors (Lipinski definition) is 4. The van der Waals surface area contributed by atoms with Gasteiger partial charge in [0.15, 0.2) is 5.78 Å². The Morgan fingerprint density at radius 1 is 1.33 bits per heavy atom. The number of carbonyl (C=O) groups is 1. The summed E-state index contributed by atoms with van der Waals surface area (Å²) < 4.78 is 11.9. The number of aryl methyl sites for hydroxylation is 2. The van der Waals surface area contributed by atoms with Crippen molar-refractivity contribution in [2.24, 2.45) is 7.05 Å². The van der Waals surface area contributed by atoms with Crippen LogP contribution < -0.4 is 9.47 Å². The standard InChI is InChI=1S/C15H17ClN2O3/c1-9-12(15(16)18(2)17-9)8-13(19)11-6-5-10(20-3)7-14(11)21-4/h5-7H,8H2,1-4H3. The van der Waals surface area contributed by atoms with Crippen LogP contribution in [0.1, 0.15) is 21.6 Å². The largest absolute Gasteiger partial charge is 0.497 e. The first-order valence-corrected chi connectivity index (χ1v) is 6.79. The average Bonchev–Trinajstić information content (AvgIpc) is 2.72. The van der Waals surface area contributed by atoms with E-state index in [1.165, 1.54) is 7.11 Å². The van der Waals surface area contributed by atoms with Gasteiger partial charge in [0.25, 0.3) is 0 Å². The van der Waals surface area contributed by atoms with Crippen molar-refractivity contribution in [1.82, 2.24) is 9.78 Å². The first-order chi connectivity index (χ1) is 9.97. The van der Waals surface area contributed by atoms with Crippen molar-refractivity contribution >= 4 is 17.4 Å². The zero-order valence-corrected chi connectivity index (χ0v) is 13.2. The van der Waals surface area contributed by atoms with Crippen LogP contribution in [0.5, 0.6) is 11.5 Å². The maximum Gasteiger partial charge on any atom is 0.171 e. The fourth-order valence-corrected chi connectivity index (χ4v) is 2.40. The first kappa shape index (κ1) is 15.4. The number of halogens is 1. The Balaban J connectivity index is 2.32. The molecule has 0 bridgehead atoms. The number of methoxy groups -OCH3 is 2. The van der Waals surface area contributed by atoms with Gasteiger partial charge in [-0.3, -0.25) is 9.48 Å². The fourth-order valence-electron chi connectivity index (χ4n) is 2.16. The second kappa shape index (κ2) is 6.18. The van der Waals surface area contributed by atoms with E-state index in [1.54, 1.807) is 37.0 Å². The number of aromatic nitrogens is 2. The Morgan fingerprint density at radius 3 is 2.57 bits per heavy atom. The Bertz CT molecular complexity index is 680. The van der Waals surface area contributed by atoms with Gasteiger partial charge in [0, 0.05) is 25.1 Å². The van der Waals surface area contributed by atoms with Gasteiger partial charge in [0.1, 0.15) is 16.7 Å². The molecule has 0 spiro atoms. The molecule has 112 valence electrons. The number of ketones is 1. The second-order valence-corrected chi connectivity index (χ2v) is 5.00. The molecule has 5 nitrogen and oxygen atoms in total. The molecule has 0 aliphatic carbocycles.